The summed E-state index contributed by atoms with van der Waals surface area (Å²) in [5.74, 6) is -1.75. The summed E-state index contributed by atoms with van der Waals surface area (Å²) in [7, 11) is 0. The van der Waals surface area contributed by atoms with Crippen LogP contribution < -0.4 is 0 Å². The molecule has 4 rings (SSSR count). The SMILES string of the molecule is Cc1ccccc1-n1c(SC(C)C(=O)c2ccc(F)c(F)c2)nnc1-c1ccncc1. The third-order valence-corrected chi connectivity index (χ3v) is 5.83. The molecule has 0 bridgehead atoms. The fourth-order valence-corrected chi connectivity index (χ4v) is 4.10. The van der Waals surface area contributed by atoms with Crippen molar-refractivity contribution >= 4 is 17.5 Å². The van der Waals surface area contributed by atoms with Crippen molar-refractivity contribution in [3.8, 4) is 17.1 Å². The van der Waals surface area contributed by atoms with E-state index in [1.54, 1.807) is 19.3 Å². The van der Waals surface area contributed by atoms with Gasteiger partial charge in [0, 0.05) is 23.5 Å². The van der Waals surface area contributed by atoms with Gasteiger partial charge in [0.25, 0.3) is 0 Å². The topological polar surface area (TPSA) is 60.7 Å². The van der Waals surface area contributed by atoms with Gasteiger partial charge in [0.15, 0.2) is 28.4 Å². The molecule has 31 heavy (non-hydrogen) atoms. The summed E-state index contributed by atoms with van der Waals surface area (Å²) in [5, 5.41) is 8.61. The number of halogens is 2. The number of ketones is 1. The number of benzene rings is 2. The lowest BCUT2D eigenvalue weighted by molar-refractivity contribution is 0.0993. The molecule has 0 spiro atoms. The Morgan fingerprint density at radius 2 is 1.74 bits per heavy atom. The highest BCUT2D eigenvalue weighted by atomic mass is 32.2. The Hall–Kier alpha value is -3.39. The van der Waals surface area contributed by atoms with Crippen LogP contribution in [-0.2, 0) is 0 Å². The van der Waals surface area contributed by atoms with E-state index >= 15 is 0 Å². The van der Waals surface area contributed by atoms with Crippen LogP contribution in [0.2, 0.25) is 0 Å². The van der Waals surface area contributed by atoms with E-state index in [1.807, 2.05) is 47.9 Å². The van der Waals surface area contributed by atoms with E-state index in [9.17, 15) is 13.6 Å². The van der Waals surface area contributed by atoms with Crippen LogP contribution in [0.4, 0.5) is 8.78 Å². The van der Waals surface area contributed by atoms with Gasteiger partial charge in [0.05, 0.1) is 10.9 Å². The summed E-state index contributed by atoms with van der Waals surface area (Å²) in [4.78, 5) is 16.9. The molecule has 2 heterocycles. The van der Waals surface area contributed by atoms with Gasteiger partial charge >= 0.3 is 0 Å². The molecule has 2 aromatic carbocycles. The molecule has 8 heteroatoms. The van der Waals surface area contributed by atoms with Crippen molar-refractivity contribution in [2.45, 2.75) is 24.3 Å². The van der Waals surface area contributed by atoms with Gasteiger partial charge < -0.3 is 0 Å². The molecule has 1 unspecified atom stereocenters. The van der Waals surface area contributed by atoms with E-state index in [1.165, 1.54) is 17.8 Å². The van der Waals surface area contributed by atoms with E-state index < -0.39 is 16.9 Å². The van der Waals surface area contributed by atoms with Crippen molar-refractivity contribution in [3.05, 3.63) is 89.8 Å². The molecule has 4 aromatic rings. The minimum atomic E-state index is -1.05. The summed E-state index contributed by atoms with van der Waals surface area (Å²) < 4.78 is 28.7. The molecule has 0 amide bonds. The molecule has 1 atom stereocenters. The van der Waals surface area contributed by atoms with E-state index in [0.29, 0.717) is 11.0 Å². The largest absolute Gasteiger partial charge is 0.293 e. The number of aromatic nitrogens is 4. The predicted molar refractivity (Wildman–Crippen MR) is 115 cm³/mol. The Labute approximate surface area is 182 Å². The molecule has 0 aliphatic heterocycles. The van der Waals surface area contributed by atoms with E-state index in [2.05, 4.69) is 15.2 Å². The van der Waals surface area contributed by atoms with Gasteiger partial charge in [-0.25, -0.2) is 8.78 Å². The van der Waals surface area contributed by atoms with Crippen LogP contribution in [0, 0.1) is 18.6 Å². The van der Waals surface area contributed by atoms with E-state index in [-0.39, 0.29) is 11.3 Å². The number of pyridine rings is 1. The normalized spacial score (nSPS) is 12.0. The Morgan fingerprint density at radius 1 is 1.00 bits per heavy atom. The third kappa shape index (κ3) is 4.25. The van der Waals surface area contributed by atoms with Crippen LogP contribution in [0.5, 0.6) is 0 Å². The van der Waals surface area contributed by atoms with Crippen LogP contribution in [0.3, 0.4) is 0 Å². The zero-order chi connectivity index (χ0) is 22.0. The first-order valence-electron chi connectivity index (χ1n) is 9.53. The van der Waals surface area contributed by atoms with Crippen molar-refractivity contribution in [1.29, 1.82) is 0 Å². The number of carbonyl (C=O) groups is 1. The summed E-state index contributed by atoms with van der Waals surface area (Å²) in [6.45, 7) is 3.69. The maximum absolute atomic E-state index is 13.6. The van der Waals surface area contributed by atoms with Gasteiger partial charge in [-0.1, -0.05) is 30.0 Å². The molecule has 0 radical (unpaired) electrons. The second-order valence-electron chi connectivity index (χ2n) is 6.92. The quantitative estimate of drug-likeness (QED) is 0.304. The summed E-state index contributed by atoms with van der Waals surface area (Å²) in [6, 6.07) is 14.6. The lowest BCUT2D eigenvalue weighted by Crippen LogP contribution is -2.15. The molecule has 0 fully saturated rings. The number of Topliss-reactive ketones (excluding diaryl/α,β-unsaturated/α-hetero) is 1. The van der Waals surface area contributed by atoms with Crippen LogP contribution in [0.1, 0.15) is 22.8 Å². The lowest BCUT2D eigenvalue weighted by Gasteiger charge is -2.15. The maximum atomic E-state index is 13.6. The minimum Gasteiger partial charge on any atom is -0.293 e. The van der Waals surface area contributed by atoms with Gasteiger partial charge in [-0.3, -0.25) is 14.3 Å². The van der Waals surface area contributed by atoms with Crippen LogP contribution >= 0.6 is 11.8 Å². The average Bonchev–Trinajstić information content (AvgIpc) is 3.19. The Morgan fingerprint density at radius 3 is 2.45 bits per heavy atom. The highest BCUT2D eigenvalue weighted by Gasteiger charge is 2.24. The number of hydrogen-bond donors (Lipinski definition) is 0. The number of aryl methyl sites for hydroxylation is 1. The van der Waals surface area contributed by atoms with Crippen molar-refractivity contribution in [2.24, 2.45) is 0 Å². The zero-order valence-corrected chi connectivity index (χ0v) is 17.6. The van der Waals surface area contributed by atoms with E-state index in [0.717, 1.165) is 28.9 Å². The summed E-state index contributed by atoms with van der Waals surface area (Å²) in [5.41, 5.74) is 2.83. The fraction of sp³-hybridized carbons (Fsp3) is 0.130. The van der Waals surface area contributed by atoms with Crippen LogP contribution in [-0.4, -0.2) is 30.8 Å². The molecule has 0 saturated heterocycles. The maximum Gasteiger partial charge on any atom is 0.196 e. The first-order chi connectivity index (χ1) is 15.0. The number of rotatable bonds is 6. The first kappa shape index (κ1) is 20.9. The highest BCUT2D eigenvalue weighted by molar-refractivity contribution is 8.00. The number of hydrogen-bond acceptors (Lipinski definition) is 5. The third-order valence-electron chi connectivity index (χ3n) is 4.78. The number of nitrogens with zero attached hydrogens (tertiary/aromatic N) is 4. The van der Waals surface area contributed by atoms with Gasteiger partial charge in [-0.15, -0.1) is 10.2 Å². The Kier molecular flexibility index (Phi) is 5.90. The summed E-state index contributed by atoms with van der Waals surface area (Å²) >= 11 is 1.21. The Balaban J connectivity index is 1.73. The summed E-state index contributed by atoms with van der Waals surface area (Å²) in [6.07, 6.45) is 3.35. The molecular formula is C23H18F2N4OS. The zero-order valence-electron chi connectivity index (χ0n) is 16.8. The lowest BCUT2D eigenvalue weighted by atomic mass is 10.1. The van der Waals surface area contributed by atoms with Crippen molar-refractivity contribution in [1.82, 2.24) is 19.7 Å². The predicted octanol–water partition coefficient (Wildman–Crippen LogP) is 5.28. The van der Waals surface area contributed by atoms with Crippen molar-refractivity contribution in [2.75, 3.05) is 0 Å². The van der Waals surface area contributed by atoms with Crippen LogP contribution in [0.25, 0.3) is 17.1 Å². The number of thioether (sulfide) groups is 1. The molecule has 156 valence electrons. The van der Waals surface area contributed by atoms with Gasteiger partial charge in [0.2, 0.25) is 0 Å². The molecular weight excluding hydrogens is 418 g/mol. The molecule has 0 N–H and O–H groups in total. The monoisotopic (exact) mass is 436 g/mol. The molecule has 0 aliphatic carbocycles. The molecule has 2 aromatic heterocycles. The second kappa shape index (κ2) is 8.77. The van der Waals surface area contributed by atoms with Crippen LogP contribution in [0.15, 0.2) is 72.1 Å². The highest BCUT2D eigenvalue weighted by Crippen LogP contribution is 2.32. The first-order valence-corrected chi connectivity index (χ1v) is 10.4. The smallest absolute Gasteiger partial charge is 0.196 e. The van der Waals surface area contributed by atoms with Gasteiger partial charge in [-0.05, 0) is 55.8 Å². The molecule has 0 aliphatic rings. The minimum absolute atomic E-state index is 0.107. The molecule has 0 saturated carbocycles. The number of carbonyl (C=O) groups excluding carboxylic acids is 1. The molecule has 5 nitrogen and oxygen atoms in total. The Bertz CT molecular complexity index is 1240. The van der Waals surface area contributed by atoms with Gasteiger partial charge in [0.1, 0.15) is 0 Å². The van der Waals surface area contributed by atoms with Gasteiger partial charge in [-0.2, -0.15) is 0 Å². The average molecular weight is 436 g/mol. The second-order valence-corrected chi connectivity index (χ2v) is 8.23. The van der Waals surface area contributed by atoms with E-state index in [4.69, 9.17) is 0 Å². The standard InChI is InChI=1S/C23H18F2N4OS/c1-14-5-3-4-6-20(14)29-22(16-9-11-26-12-10-16)27-28-23(29)31-15(2)21(30)17-7-8-18(24)19(25)13-17/h3-13,15H,1-2H3. The fourth-order valence-electron chi connectivity index (χ4n) is 3.16. The van der Waals surface area contributed by atoms with Crippen molar-refractivity contribution in [3.63, 3.8) is 0 Å². The van der Waals surface area contributed by atoms with Crippen molar-refractivity contribution < 1.29 is 13.6 Å². The number of para-hydroxylation sites is 1.